The van der Waals surface area contributed by atoms with E-state index in [4.69, 9.17) is 9.15 Å². The number of amides is 2. The Morgan fingerprint density at radius 3 is 2.69 bits per heavy atom. The standard InChI is InChI=1S/C17H22N2O6S/c1-5-6-12-7-8-24-15(12)11(2)18-16(20)19-26(22,23)14-9-13(10-25-14)17(3,4)21/h5-6,9-10,21H,2,7-8H2,1,3-4H3,(H2,18,19,20)/b6-5-. The number of sulfonamides is 1. The molecule has 0 spiro atoms. The van der Waals surface area contributed by atoms with Gasteiger partial charge in [-0.1, -0.05) is 18.7 Å². The number of urea groups is 1. The van der Waals surface area contributed by atoms with Gasteiger partial charge in [0.2, 0.25) is 5.09 Å². The third-order valence-corrected chi connectivity index (χ3v) is 4.79. The third kappa shape index (κ3) is 4.55. The molecule has 3 N–H and O–H groups in total. The van der Waals surface area contributed by atoms with Gasteiger partial charge in [-0.15, -0.1) is 0 Å². The van der Waals surface area contributed by atoms with Crippen molar-refractivity contribution in [2.24, 2.45) is 0 Å². The maximum absolute atomic E-state index is 12.2. The van der Waals surface area contributed by atoms with Gasteiger partial charge in [0.25, 0.3) is 10.0 Å². The van der Waals surface area contributed by atoms with Gasteiger partial charge in [0.1, 0.15) is 5.76 Å². The second-order valence-corrected chi connectivity index (χ2v) is 7.82. The van der Waals surface area contributed by atoms with Crippen molar-refractivity contribution in [1.82, 2.24) is 10.0 Å². The summed E-state index contributed by atoms with van der Waals surface area (Å²) in [6.07, 6.45) is 5.46. The summed E-state index contributed by atoms with van der Waals surface area (Å²) in [4.78, 5) is 12.0. The molecule has 1 aromatic rings. The Bertz CT molecular complexity index is 871. The molecule has 9 heteroatoms. The van der Waals surface area contributed by atoms with Gasteiger partial charge < -0.3 is 19.6 Å². The van der Waals surface area contributed by atoms with Gasteiger partial charge in [-0.05, 0) is 26.3 Å². The molecule has 0 aliphatic carbocycles. The number of rotatable bonds is 6. The van der Waals surface area contributed by atoms with E-state index < -0.39 is 26.7 Å². The Morgan fingerprint density at radius 1 is 1.42 bits per heavy atom. The van der Waals surface area contributed by atoms with Crippen LogP contribution in [-0.4, -0.2) is 26.2 Å². The maximum atomic E-state index is 12.2. The van der Waals surface area contributed by atoms with Crippen LogP contribution in [0.25, 0.3) is 0 Å². The number of ether oxygens (including phenoxy) is 1. The molecule has 2 rings (SSSR count). The summed E-state index contributed by atoms with van der Waals surface area (Å²) < 4.78 is 36.7. The number of furan rings is 1. The molecule has 0 bridgehead atoms. The van der Waals surface area contributed by atoms with Crippen molar-refractivity contribution in [3.63, 3.8) is 0 Å². The zero-order valence-electron chi connectivity index (χ0n) is 14.8. The molecule has 0 atom stereocenters. The number of hydrogen-bond donors (Lipinski definition) is 3. The highest BCUT2D eigenvalue weighted by molar-refractivity contribution is 7.89. The zero-order valence-corrected chi connectivity index (χ0v) is 15.6. The molecule has 1 aromatic heterocycles. The highest BCUT2D eigenvalue weighted by Crippen LogP contribution is 2.25. The zero-order chi connectivity index (χ0) is 19.5. The summed E-state index contributed by atoms with van der Waals surface area (Å²) in [7, 11) is -4.24. The van der Waals surface area contributed by atoms with Crippen molar-refractivity contribution in [2.75, 3.05) is 6.61 Å². The van der Waals surface area contributed by atoms with Crippen molar-refractivity contribution in [3.05, 3.63) is 53.7 Å². The van der Waals surface area contributed by atoms with Gasteiger partial charge >= 0.3 is 6.03 Å². The van der Waals surface area contributed by atoms with Crippen LogP contribution in [-0.2, 0) is 20.4 Å². The molecule has 0 saturated heterocycles. The lowest BCUT2D eigenvalue weighted by Gasteiger charge is -2.13. The van der Waals surface area contributed by atoms with Crippen LogP contribution < -0.4 is 10.0 Å². The highest BCUT2D eigenvalue weighted by Gasteiger charge is 2.27. The van der Waals surface area contributed by atoms with E-state index in [-0.39, 0.29) is 11.3 Å². The van der Waals surface area contributed by atoms with Crippen LogP contribution in [0.3, 0.4) is 0 Å². The fraction of sp³-hybridized carbons (Fsp3) is 0.353. The summed E-state index contributed by atoms with van der Waals surface area (Å²) in [5, 5.41) is 11.7. The van der Waals surface area contributed by atoms with E-state index in [1.54, 1.807) is 0 Å². The Kier molecular flexibility index (Phi) is 5.62. The molecule has 1 aliphatic rings. The van der Waals surface area contributed by atoms with E-state index in [2.05, 4.69) is 11.9 Å². The average molecular weight is 382 g/mol. The Balaban J connectivity index is 2.08. The summed E-state index contributed by atoms with van der Waals surface area (Å²) in [5.41, 5.74) is 0.00756. The largest absolute Gasteiger partial charge is 0.491 e. The van der Waals surface area contributed by atoms with Gasteiger partial charge in [-0.2, -0.15) is 8.42 Å². The number of aliphatic hydroxyl groups is 1. The predicted octanol–water partition coefficient (Wildman–Crippen LogP) is 2.26. The fourth-order valence-corrected chi connectivity index (χ4v) is 3.13. The lowest BCUT2D eigenvalue weighted by molar-refractivity contribution is 0.0779. The smallest absolute Gasteiger partial charge is 0.333 e. The van der Waals surface area contributed by atoms with Crippen molar-refractivity contribution in [2.45, 2.75) is 37.9 Å². The summed E-state index contributed by atoms with van der Waals surface area (Å²) >= 11 is 0. The van der Waals surface area contributed by atoms with Crippen LogP contribution in [0.1, 0.15) is 32.8 Å². The Morgan fingerprint density at radius 2 is 2.12 bits per heavy atom. The van der Waals surface area contributed by atoms with E-state index in [1.165, 1.54) is 13.8 Å². The SMILES string of the molecule is C=C(NC(=O)NS(=O)(=O)c1cc(C(C)(C)O)co1)C1=C(/C=C\C)CCO1. The second-order valence-electron chi connectivity index (χ2n) is 6.20. The predicted molar refractivity (Wildman–Crippen MR) is 94.4 cm³/mol. The Labute approximate surface area is 152 Å². The van der Waals surface area contributed by atoms with Gasteiger partial charge in [0.05, 0.1) is 24.2 Å². The van der Waals surface area contributed by atoms with Crippen LogP contribution in [0.5, 0.6) is 0 Å². The molecule has 1 aliphatic heterocycles. The lowest BCUT2D eigenvalue weighted by atomic mass is 10.0. The molecular formula is C17H22N2O6S. The van der Waals surface area contributed by atoms with E-state index in [9.17, 15) is 18.3 Å². The molecular weight excluding hydrogens is 360 g/mol. The van der Waals surface area contributed by atoms with Crippen molar-refractivity contribution < 1.29 is 27.5 Å². The molecule has 8 nitrogen and oxygen atoms in total. The molecule has 0 aromatic carbocycles. The van der Waals surface area contributed by atoms with E-state index in [0.29, 0.717) is 18.8 Å². The first-order valence-electron chi connectivity index (χ1n) is 7.87. The quantitative estimate of drug-likeness (QED) is 0.695. The van der Waals surface area contributed by atoms with Crippen molar-refractivity contribution in [1.29, 1.82) is 0 Å². The monoisotopic (exact) mass is 382 g/mol. The molecule has 26 heavy (non-hydrogen) atoms. The van der Waals surface area contributed by atoms with Gasteiger partial charge in [-0.3, -0.25) is 0 Å². The molecule has 2 amide bonds. The number of hydrogen-bond acceptors (Lipinski definition) is 6. The molecule has 0 saturated carbocycles. The summed E-state index contributed by atoms with van der Waals surface area (Å²) in [6.45, 7) is 8.98. The van der Waals surface area contributed by atoms with Crippen molar-refractivity contribution in [3.8, 4) is 0 Å². The van der Waals surface area contributed by atoms with Crippen LogP contribution >= 0.6 is 0 Å². The summed E-state index contributed by atoms with van der Waals surface area (Å²) in [5.74, 6) is 0.415. The van der Waals surface area contributed by atoms with E-state index in [0.717, 1.165) is 17.9 Å². The summed E-state index contributed by atoms with van der Waals surface area (Å²) in [6, 6.07) is 0.149. The topological polar surface area (TPSA) is 118 Å². The van der Waals surface area contributed by atoms with E-state index in [1.807, 2.05) is 23.8 Å². The minimum atomic E-state index is -4.24. The first-order chi connectivity index (χ1) is 12.0. The molecule has 142 valence electrons. The fourth-order valence-electron chi connectivity index (χ4n) is 2.28. The maximum Gasteiger partial charge on any atom is 0.333 e. The molecule has 0 radical (unpaired) electrons. The van der Waals surface area contributed by atoms with Gasteiger partial charge in [0, 0.05) is 18.1 Å². The minimum absolute atomic E-state index is 0.153. The molecule has 0 unspecified atom stereocenters. The normalized spacial score (nSPS) is 15.2. The van der Waals surface area contributed by atoms with Crippen LogP contribution in [0.15, 0.2) is 57.6 Å². The number of allylic oxidation sites excluding steroid dienone is 2. The van der Waals surface area contributed by atoms with Crippen LogP contribution in [0.4, 0.5) is 4.79 Å². The highest BCUT2D eigenvalue weighted by atomic mass is 32.2. The first-order valence-corrected chi connectivity index (χ1v) is 9.36. The minimum Gasteiger partial charge on any atom is -0.491 e. The number of carbonyl (C=O) groups is 1. The lowest BCUT2D eigenvalue weighted by Crippen LogP contribution is -2.39. The molecule has 0 fully saturated rings. The third-order valence-electron chi connectivity index (χ3n) is 3.59. The Hall–Kier alpha value is -2.52. The van der Waals surface area contributed by atoms with Crippen LogP contribution in [0.2, 0.25) is 0 Å². The number of carbonyl (C=O) groups excluding carboxylic acids is 1. The number of nitrogens with one attached hydrogen (secondary N) is 2. The second kappa shape index (κ2) is 7.38. The van der Waals surface area contributed by atoms with Crippen molar-refractivity contribution >= 4 is 16.1 Å². The van der Waals surface area contributed by atoms with Crippen LogP contribution in [0, 0.1) is 0 Å². The van der Waals surface area contributed by atoms with Gasteiger partial charge in [0.15, 0.2) is 0 Å². The van der Waals surface area contributed by atoms with Gasteiger partial charge in [-0.25, -0.2) is 9.52 Å². The average Bonchev–Trinajstić information content (AvgIpc) is 3.15. The van der Waals surface area contributed by atoms with E-state index >= 15 is 0 Å². The molecule has 2 heterocycles. The first kappa shape index (κ1) is 19.8.